The zero-order valence-electron chi connectivity index (χ0n) is 8.44. The van der Waals surface area contributed by atoms with Crippen molar-refractivity contribution in [2.75, 3.05) is 5.75 Å². The molecule has 0 saturated carbocycles. The standard InChI is InChI=1S/C11H16S3/c1-2-3-9-14(12,13)10-11-7-5-4-6-8-11/h4-8H,2-3,9-10H2,1H3. The van der Waals surface area contributed by atoms with Gasteiger partial charge in [0.15, 0.2) is 0 Å². The van der Waals surface area contributed by atoms with E-state index >= 15 is 0 Å². The molecule has 0 N–H and O–H groups in total. The lowest BCUT2D eigenvalue weighted by atomic mass is 10.2. The van der Waals surface area contributed by atoms with E-state index in [9.17, 15) is 0 Å². The van der Waals surface area contributed by atoms with E-state index in [4.69, 9.17) is 22.4 Å². The molecule has 0 saturated heterocycles. The minimum absolute atomic E-state index is 0.915. The fourth-order valence-electron chi connectivity index (χ4n) is 1.26. The Morgan fingerprint density at radius 2 is 1.79 bits per heavy atom. The van der Waals surface area contributed by atoms with Crippen LogP contribution in [0.3, 0.4) is 0 Å². The van der Waals surface area contributed by atoms with Crippen LogP contribution < -0.4 is 0 Å². The third-order valence-electron chi connectivity index (χ3n) is 2.04. The van der Waals surface area contributed by atoms with Gasteiger partial charge in [0.25, 0.3) is 0 Å². The molecule has 1 aromatic carbocycles. The fourth-order valence-corrected chi connectivity index (χ4v) is 4.36. The second kappa shape index (κ2) is 5.79. The second-order valence-electron chi connectivity index (χ2n) is 3.43. The third kappa shape index (κ3) is 4.49. The van der Waals surface area contributed by atoms with Crippen LogP contribution in [-0.2, 0) is 35.3 Å². The fraction of sp³-hybridized carbons (Fsp3) is 0.455. The zero-order valence-corrected chi connectivity index (χ0v) is 10.9. The van der Waals surface area contributed by atoms with Gasteiger partial charge in [0, 0.05) is 11.5 Å². The first-order valence-corrected chi connectivity index (χ1v) is 8.70. The summed E-state index contributed by atoms with van der Waals surface area (Å²) < 4.78 is 0. The highest BCUT2D eigenvalue weighted by molar-refractivity contribution is 8.56. The second-order valence-corrected chi connectivity index (χ2v) is 10.1. The maximum atomic E-state index is 5.49. The highest BCUT2D eigenvalue weighted by Crippen LogP contribution is 2.08. The Bertz CT molecular complexity index is 351. The number of hydrogen-bond donors (Lipinski definition) is 0. The van der Waals surface area contributed by atoms with Crippen molar-refractivity contribution in [3.05, 3.63) is 35.9 Å². The minimum atomic E-state index is -1.23. The van der Waals surface area contributed by atoms with Crippen molar-refractivity contribution in [2.45, 2.75) is 25.5 Å². The van der Waals surface area contributed by atoms with Gasteiger partial charge in [-0.25, -0.2) is 0 Å². The normalized spacial score (nSPS) is 11.5. The van der Waals surface area contributed by atoms with Gasteiger partial charge in [-0.1, -0.05) is 50.8 Å². The molecule has 78 valence electrons. The molecule has 0 heterocycles. The van der Waals surface area contributed by atoms with Crippen molar-refractivity contribution in [1.82, 2.24) is 0 Å². The van der Waals surface area contributed by atoms with Crippen LogP contribution in [0.1, 0.15) is 25.3 Å². The average Bonchev–Trinajstić information content (AvgIpc) is 2.16. The van der Waals surface area contributed by atoms with Crippen molar-refractivity contribution in [1.29, 1.82) is 0 Å². The Labute approximate surface area is 96.5 Å². The van der Waals surface area contributed by atoms with E-state index in [1.807, 2.05) is 6.07 Å². The largest absolute Gasteiger partial charge is 0.0853 e. The molecule has 0 aliphatic carbocycles. The predicted molar refractivity (Wildman–Crippen MR) is 72.0 cm³/mol. The Morgan fingerprint density at radius 3 is 2.36 bits per heavy atom. The highest BCUT2D eigenvalue weighted by Gasteiger charge is 2.02. The molecule has 0 spiro atoms. The smallest absolute Gasteiger partial charge is 0.0272 e. The summed E-state index contributed by atoms with van der Waals surface area (Å²) in [5, 5.41) is 0. The van der Waals surface area contributed by atoms with Crippen molar-refractivity contribution in [3.63, 3.8) is 0 Å². The number of hydrogen-bond acceptors (Lipinski definition) is 2. The Hall–Kier alpha value is 0.01000. The van der Waals surface area contributed by atoms with Gasteiger partial charge in [0.2, 0.25) is 0 Å². The summed E-state index contributed by atoms with van der Waals surface area (Å²) >= 11 is 11.0. The van der Waals surface area contributed by atoms with Gasteiger partial charge in [-0.05, 0) is 34.4 Å². The van der Waals surface area contributed by atoms with Crippen molar-refractivity contribution in [2.24, 2.45) is 0 Å². The summed E-state index contributed by atoms with van der Waals surface area (Å²) in [6.07, 6.45) is 2.37. The average molecular weight is 244 g/mol. The molecular weight excluding hydrogens is 228 g/mol. The summed E-state index contributed by atoms with van der Waals surface area (Å²) in [6, 6.07) is 10.4. The molecule has 0 nitrogen and oxygen atoms in total. The van der Waals surface area contributed by atoms with Crippen LogP contribution in [0.15, 0.2) is 30.3 Å². The molecule has 0 fully saturated rings. The molecule has 0 aliphatic heterocycles. The zero-order chi connectivity index (χ0) is 10.4. The van der Waals surface area contributed by atoms with E-state index < -0.39 is 7.15 Å². The van der Waals surface area contributed by atoms with Crippen LogP contribution >= 0.6 is 0 Å². The van der Waals surface area contributed by atoms with E-state index in [0.29, 0.717) is 0 Å². The lowest BCUT2D eigenvalue weighted by Gasteiger charge is -2.09. The van der Waals surface area contributed by atoms with Crippen molar-refractivity contribution in [3.8, 4) is 0 Å². The molecule has 0 aliphatic rings. The van der Waals surface area contributed by atoms with E-state index in [-0.39, 0.29) is 0 Å². The Balaban J connectivity index is 2.60. The van der Waals surface area contributed by atoms with Crippen LogP contribution in [0.4, 0.5) is 0 Å². The predicted octanol–water partition coefficient (Wildman–Crippen LogP) is 3.06. The highest BCUT2D eigenvalue weighted by atomic mass is 33.1. The molecule has 0 radical (unpaired) electrons. The number of unbranched alkanes of at least 4 members (excludes halogenated alkanes) is 1. The number of benzene rings is 1. The lowest BCUT2D eigenvalue weighted by molar-refractivity contribution is 0.894. The first-order chi connectivity index (χ1) is 6.64. The lowest BCUT2D eigenvalue weighted by Crippen LogP contribution is -2.06. The minimum Gasteiger partial charge on any atom is -0.0853 e. The third-order valence-corrected chi connectivity index (χ3v) is 5.43. The first kappa shape index (κ1) is 12.1. The Morgan fingerprint density at radius 1 is 1.14 bits per heavy atom. The van der Waals surface area contributed by atoms with Crippen molar-refractivity contribution >= 4 is 29.5 Å². The van der Waals surface area contributed by atoms with Gasteiger partial charge in [0.05, 0.1) is 0 Å². The van der Waals surface area contributed by atoms with Gasteiger partial charge < -0.3 is 0 Å². The molecule has 0 bridgehead atoms. The van der Waals surface area contributed by atoms with E-state index in [0.717, 1.165) is 11.5 Å². The molecule has 3 heteroatoms. The van der Waals surface area contributed by atoms with Gasteiger partial charge in [-0.15, -0.1) is 0 Å². The summed E-state index contributed by atoms with van der Waals surface area (Å²) in [6.45, 7) is 2.18. The van der Waals surface area contributed by atoms with Crippen LogP contribution in [0, 0.1) is 0 Å². The van der Waals surface area contributed by atoms with E-state index in [1.54, 1.807) is 0 Å². The van der Waals surface area contributed by atoms with Crippen LogP contribution in [0.5, 0.6) is 0 Å². The topological polar surface area (TPSA) is 0 Å². The monoisotopic (exact) mass is 244 g/mol. The maximum absolute atomic E-state index is 5.49. The van der Waals surface area contributed by atoms with Gasteiger partial charge >= 0.3 is 0 Å². The molecule has 1 rings (SSSR count). The Kier molecular flexibility index (Phi) is 4.99. The van der Waals surface area contributed by atoms with Gasteiger partial charge in [-0.2, -0.15) is 0 Å². The number of rotatable bonds is 5. The molecular formula is C11H16S3. The maximum Gasteiger partial charge on any atom is 0.0272 e. The molecule has 14 heavy (non-hydrogen) atoms. The summed E-state index contributed by atoms with van der Waals surface area (Å²) in [5.74, 6) is 1.96. The van der Waals surface area contributed by atoms with Crippen molar-refractivity contribution < 1.29 is 0 Å². The summed E-state index contributed by atoms with van der Waals surface area (Å²) in [4.78, 5) is 0. The van der Waals surface area contributed by atoms with E-state index in [2.05, 4.69) is 31.2 Å². The van der Waals surface area contributed by atoms with Gasteiger partial charge in [-0.3, -0.25) is 0 Å². The van der Waals surface area contributed by atoms with Crippen LogP contribution in [0.25, 0.3) is 0 Å². The van der Waals surface area contributed by atoms with Crippen LogP contribution in [0.2, 0.25) is 0 Å². The summed E-state index contributed by atoms with van der Waals surface area (Å²) in [5.41, 5.74) is 1.30. The SMILES string of the molecule is CCCCS(=S)(=S)Cc1ccccc1. The van der Waals surface area contributed by atoms with Crippen LogP contribution in [-0.4, -0.2) is 5.75 Å². The first-order valence-electron chi connectivity index (χ1n) is 4.88. The van der Waals surface area contributed by atoms with Gasteiger partial charge in [0.1, 0.15) is 0 Å². The van der Waals surface area contributed by atoms with E-state index in [1.165, 1.54) is 18.4 Å². The quantitative estimate of drug-likeness (QED) is 0.781. The molecule has 1 aromatic rings. The molecule has 0 amide bonds. The summed E-state index contributed by atoms with van der Waals surface area (Å²) in [7, 11) is -1.23. The molecule has 0 atom stereocenters. The molecule has 0 unspecified atom stereocenters. The molecule has 0 aromatic heterocycles.